The van der Waals surface area contributed by atoms with E-state index in [-0.39, 0.29) is 24.6 Å². The molecule has 3 aromatic rings. The predicted octanol–water partition coefficient (Wildman–Crippen LogP) is 3.39. The van der Waals surface area contributed by atoms with Crippen LogP contribution in [0.4, 0.5) is 4.39 Å². The minimum absolute atomic E-state index is 0.0616. The first kappa shape index (κ1) is 26.0. The normalized spacial score (nSPS) is 12.4. The average molecular weight is 498 g/mol. The lowest BCUT2D eigenvalue weighted by atomic mass is 10.0. The molecule has 1 aromatic heterocycles. The molecule has 0 fully saturated rings. The van der Waals surface area contributed by atoms with Gasteiger partial charge in [-0.1, -0.05) is 48.0 Å². The molecule has 2 N–H and O–H groups in total. The maximum absolute atomic E-state index is 13.5. The highest BCUT2D eigenvalue weighted by Gasteiger charge is 2.29. The third-order valence-electron chi connectivity index (χ3n) is 5.09. The summed E-state index contributed by atoms with van der Waals surface area (Å²) in [4.78, 5) is 42.4. The van der Waals surface area contributed by atoms with Crippen molar-refractivity contribution in [2.45, 2.75) is 38.6 Å². The SMILES string of the molecule is C[C@@H](OCc1cc(F)cc(Cl)c1)C(=O)N[C@H](Cc1ccccc1)C(=O)C(=O)NCc1ccccn1. The number of nitrogens with one attached hydrogen (secondary N) is 2. The summed E-state index contributed by atoms with van der Waals surface area (Å²) in [5.74, 6) is -2.72. The first-order chi connectivity index (χ1) is 16.8. The van der Waals surface area contributed by atoms with E-state index in [9.17, 15) is 18.8 Å². The van der Waals surface area contributed by atoms with Gasteiger partial charge in [0.25, 0.3) is 5.91 Å². The zero-order chi connectivity index (χ0) is 25.2. The number of ether oxygens (including phenoxy) is 1. The molecule has 1 heterocycles. The Balaban J connectivity index is 1.64. The Morgan fingerprint density at radius 1 is 1.03 bits per heavy atom. The lowest BCUT2D eigenvalue weighted by Gasteiger charge is -2.20. The summed E-state index contributed by atoms with van der Waals surface area (Å²) in [5, 5.41) is 5.37. The van der Waals surface area contributed by atoms with Crippen molar-refractivity contribution in [3.63, 3.8) is 0 Å². The van der Waals surface area contributed by atoms with Gasteiger partial charge in [0.2, 0.25) is 11.7 Å². The monoisotopic (exact) mass is 497 g/mol. The summed E-state index contributed by atoms with van der Waals surface area (Å²) in [5.41, 5.74) is 1.82. The third-order valence-corrected chi connectivity index (χ3v) is 5.31. The Morgan fingerprint density at radius 2 is 1.77 bits per heavy atom. The minimum atomic E-state index is -1.11. The summed E-state index contributed by atoms with van der Waals surface area (Å²) < 4.78 is 19.1. The minimum Gasteiger partial charge on any atom is -0.364 e. The van der Waals surface area contributed by atoms with Crippen LogP contribution >= 0.6 is 11.6 Å². The number of benzene rings is 2. The summed E-state index contributed by atoms with van der Waals surface area (Å²) >= 11 is 5.85. The van der Waals surface area contributed by atoms with Crippen molar-refractivity contribution in [1.29, 1.82) is 0 Å². The molecule has 0 unspecified atom stereocenters. The Morgan fingerprint density at radius 3 is 2.46 bits per heavy atom. The molecule has 2 atom stereocenters. The summed E-state index contributed by atoms with van der Waals surface area (Å²) in [7, 11) is 0. The van der Waals surface area contributed by atoms with Gasteiger partial charge >= 0.3 is 0 Å². The number of amides is 2. The van der Waals surface area contributed by atoms with Crippen molar-refractivity contribution in [3.05, 3.63) is 101 Å². The maximum atomic E-state index is 13.5. The van der Waals surface area contributed by atoms with Crippen LogP contribution in [0.3, 0.4) is 0 Å². The number of carbonyl (C=O) groups excluding carboxylic acids is 3. The van der Waals surface area contributed by atoms with Crippen LogP contribution in [-0.2, 0) is 38.7 Å². The largest absolute Gasteiger partial charge is 0.364 e. The van der Waals surface area contributed by atoms with Crippen LogP contribution in [0.2, 0.25) is 5.02 Å². The second kappa shape index (κ2) is 12.7. The molecule has 0 spiro atoms. The number of carbonyl (C=O) groups is 3. The molecule has 0 aliphatic rings. The Bertz CT molecular complexity index is 1140. The van der Waals surface area contributed by atoms with Gasteiger partial charge < -0.3 is 15.4 Å². The van der Waals surface area contributed by atoms with Crippen LogP contribution in [-0.4, -0.2) is 34.7 Å². The summed E-state index contributed by atoms with van der Waals surface area (Å²) in [6.07, 6.45) is 0.731. The predicted molar refractivity (Wildman–Crippen MR) is 129 cm³/mol. The molecule has 0 saturated heterocycles. The topological polar surface area (TPSA) is 97.4 Å². The van der Waals surface area contributed by atoms with E-state index in [1.54, 1.807) is 48.7 Å². The van der Waals surface area contributed by atoms with Gasteiger partial charge in [0.05, 0.1) is 18.8 Å². The maximum Gasteiger partial charge on any atom is 0.289 e. The second-order valence-corrected chi connectivity index (χ2v) is 8.29. The van der Waals surface area contributed by atoms with Crippen LogP contribution in [0.15, 0.2) is 72.9 Å². The van der Waals surface area contributed by atoms with Crippen molar-refractivity contribution in [2.24, 2.45) is 0 Å². The quantitative estimate of drug-likeness (QED) is 0.396. The van der Waals surface area contributed by atoms with E-state index in [0.29, 0.717) is 11.3 Å². The van der Waals surface area contributed by atoms with E-state index in [4.69, 9.17) is 16.3 Å². The van der Waals surface area contributed by atoms with Crippen molar-refractivity contribution in [2.75, 3.05) is 0 Å². The number of ketones is 1. The molecule has 9 heteroatoms. The van der Waals surface area contributed by atoms with E-state index in [2.05, 4.69) is 15.6 Å². The number of Topliss-reactive ketones (excluding diaryl/α,β-unsaturated/α-hetero) is 1. The number of pyridine rings is 1. The number of aromatic nitrogens is 1. The highest BCUT2D eigenvalue weighted by Crippen LogP contribution is 2.15. The number of nitrogens with zero attached hydrogens (tertiary/aromatic N) is 1. The number of rotatable bonds is 11. The molecule has 0 radical (unpaired) electrons. The van der Waals surface area contributed by atoms with Gasteiger partial charge in [0.15, 0.2) is 0 Å². The first-order valence-corrected chi connectivity index (χ1v) is 11.3. The number of hydrogen-bond donors (Lipinski definition) is 2. The molecule has 182 valence electrons. The van der Waals surface area contributed by atoms with Gasteiger partial charge in [-0.15, -0.1) is 0 Å². The van der Waals surface area contributed by atoms with Gasteiger partial charge in [-0.3, -0.25) is 19.4 Å². The molecule has 0 bridgehead atoms. The van der Waals surface area contributed by atoms with E-state index in [1.807, 2.05) is 6.07 Å². The van der Waals surface area contributed by atoms with Crippen molar-refractivity contribution in [1.82, 2.24) is 15.6 Å². The van der Waals surface area contributed by atoms with E-state index in [1.165, 1.54) is 25.1 Å². The Labute approximate surface area is 207 Å². The van der Waals surface area contributed by atoms with Crippen LogP contribution in [0, 0.1) is 5.82 Å². The van der Waals surface area contributed by atoms with Crippen molar-refractivity contribution < 1.29 is 23.5 Å². The average Bonchev–Trinajstić information content (AvgIpc) is 2.85. The number of hydrogen-bond acceptors (Lipinski definition) is 5. The molecular formula is C26H25ClFN3O4. The number of halogens is 2. The van der Waals surface area contributed by atoms with Crippen LogP contribution in [0.1, 0.15) is 23.7 Å². The molecular weight excluding hydrogens is 473 g/mol. The fourth-order valence-corrected chi connectivity index (χ4v) is 3.50. The molecule has 0 aliphatic carbocycles. The van der Waals surface area contributed by atoms with Gasteiger partial charge in [-0.05, 0) is 48.4 Å². The molecule has 35 heavy (non-hydrogen) atoms. The van der Waals surface area contributed by atoms with Crippen molar-refractivity contribution >= 4 is 29.2 Å². The zero-order valence-electron chi connectivity index (χ0n) is 19.0. The van der Waals surface area contributed by atoms with Crippen LogP contribution in [0.5, 0.6) is 0 Å². The fraction of sp³-hybridized carbons (Fsp3) is 0.231. The van der Waals surface area contributed by atoms with Crippen molar-refractivity contribution in [3.8, 4) is 0 Å². The Kier molecular flexibility index (Phi) is 9.46. The molecule has 7 nitrogen and oxygen atoms in total. The highest BCUT2D eigenvalue weighted by atomic mass is 35.5. The van der Waals surface area contributed by atoms with Gasteiger partial charge in [0, 0.05) is 17.6 Å². The smallest absolute Gasteiger partial charge is 0.289 e. The van der Waals surface area contributed by atoms with Gasteiger partial charge in [-0.2, -0.15) is 0 Å². The fourth-order valence-electron chi connectivity index (χ4n) is 3.26. The zero-order valence-corrected chi connectivity index (χ0v) is 19.8. The summed E-state index contributed by atoms with van der Waals surface area (Å²) in [6, 6.07) is 17.1. The Hall–Kier alpha value is -3.62. The molecule has 0 saturated carbocycles. The molecule has 2 aromatic carbocycles. The van der Waals surface area contributed by atoms with E-state index < -0.39 is 35.6 Å². The summed E-state index contributed by atoms with van der Waals surface area (Å²) in [6.45, 7) is 1.52. The van der Waals surface area contributed by atoms with Gasteiger partial charge in [-0.25, -0.2) is 4.39 Å². The molecule has 0 aliphatic heterocycles. The van der Waals surface area contributed by atoms with Crippen LogP contribution < -0.4 is 10.6 Å². The lowest BCUT2D eigenvalue weighted by molar-refractivity contribution is -0.141. The van der Waals surface area contributed by atoms with Gasteiger partial charge in [0.1, 0.15) is 18.0 Å². The third kappa shape index (κ3) is 8.27. The highest BCUT2D eigenvalue weighted by molar-refractivity contribution is 6.38. The first-order valence-electron chi connectivity index (χ1n) is 10.9. The molecule has 3 rings (SSSR count). The molecule has 2 amide bonds. The standard InChI is InChI=1S/C26H25ClFN3O4/c1-17(35-16-19-11-20(27)14-21(28)12-19)25(33)31-23(13-18-7-3-2-4-8-18)24(32)26(34)30-15-22-9-5-6-10-29-22/h2-12,14,17,23H,13,15-16H2,1H3,(H,30,34)(H,31,33)/t17-,23-/m1/s1. The van der Waals surface area contributed by atoms with E-state index in [0.717, 1.165) is 5.56 Å². The van der Waals surface area contributed by atoms with E-state index >= 15 is 0 Å². The second-order valence-electron chi connectivity index (χ2n) is 7.85. The lowest BCUT2D eigenvalue weighted by Crippen LogP contribution is -2.51. The van der Waals surface area contributed by atoms with Crippen LogP contribution in [0.25, 0.3) is 0 Å².